The van der Waals surface area contributed by atoms with Gasteiger partial charge in [-0.05, 0) is 37.5 Å². The summed E-state index contributed by atoms with van der Waals surface area (Å²) in [6, 6.07) is 4.94. The summed E-state index contributed by atoms with van der Waals surface area (Å²) in [6.45, 7) is 0.712. The van der Waals surface area contributed by atoms with Crippen LogP contribution in [-0.2, 0) is 0 Å². The van der Waals surface area contributed by atoms with Gasteiger partial charge in [0.15, 0.2) is 0 Å². The topological polar surface area (TPSA) is 66.8 Å². The van der Waals surface area contributed by atoms with Crippen molar-refractivity contribution in [3.8, 4) is 5.75 Å². The fraction of sp³-hybridized carbons (Fsp3) is 0.462. The van der Waals surface area contributed by atoms with E-state index < -0.39 is 5.97 Å². The molecule has 100 valence electrons. The molecule has 0 fully saturated rings. The van der Waals surface area contributed by atoms with Crippen LogP contribution in [0.3, 0.4) is 0 Å². The van der Waals surface area contributed by atoms with Crippen molar-refractivity contribution in [2.45, 2.75) is 25.7 Å². The molecule has 0 aliphatic carbocycles. The Balaban J connectivity index is 2.44. The number of carbonyl (C=O) groups is 1. The Morgan fingerprint density at radius 3 is 2.61 bits per heavy atom. The second-order valence-electron chi connectivity index (χ2n) is 3.93. The number of aliphatic hydroxyl groups is 1. The van der Waals surface area contributed by atoms with Gasteiger partial charge in [-0.2, -0.15) is 0 Å². The maximum Gasteiger partial charge on any atom is 0.339 e. The van der Waals surface area contributed by atoms with Crippen LogP contribution in [0.2, 0.25) is 0 Å². The third-order valence-corrected chi connectivity index (χ3v) is 2.98. The highest BCUT2D eigenvalue weighted by molar-refractivity contribution is 9.10. The Hall–Kier alpha value is -1.07. The predicted octanol–water partition coefficient (Wildman–Crippen LogP) is 3.08. The SMILES string of the molecule is O=C(O)c1cc(Br)ccc1OCCCCCCO. The van der Waals surface area contributed by atoms with E-state index in [1.54, 1.807) is 12.1 Å². The fourth-order valence-electron chi connectivity index (χ4n) is 1.54. The first-order valence-electron chi connectivity index (χ1n) is 5.91. The number of carboxylic acids is 1. The third kappa shape index (κ3) is 5.06. The molecule has 0 saturated heterocycles. The number of rotatable bonds is 8. The van der Waals surface area contributed by atoms with E-state index in [0.717, 1.165) is 30.2 Å². The van der Waals surface area contributed by atoms with E-state index >= 15 is 0 Å². The van der Waals surface area contributed by atoms with Crippen molar-refractivity contribution in [2.75, 3.05) is 13.2 Å². The van der Waals surface area contributed by atoms with Gasteiger partial charge < -0.3 is 14.9 Å². The van der Waals surface area contributed by atoms with Crippen molar-refractivity contribution in [3.63, 3.8) is 0 Å². The Morgan fingerprint density at radius 1 is 1.22 bits per heavy atom. The molecular weight excluding hydrogens is 300 g/mol. The van der Waals surface area contributed by atoms with E-state index in [1.165, 1.54) is 6.07 Å². The Morgan fingerprint density at radius 2 is 1.94 bits per heavy atom. The number of hydrogen-bond donors (Lipinski definition) is 2. The summed E-state index contributed by atoms with van der Waals surface area (Å²) in [5.41, 5.74) is 0.166. The fourth-order valence-corrected chi connectivity index (χ4v) is 1.91. The molecule has 0 bridgehead atoms. The van der Waals surface area contributed by atoms with Gasteiger partial charge in [0.25, 0.3) is 0 Å². The summed E-state index contributed by atoms with van der Waals surface area (Å²) < 4.78 is 6.19. The van der Waals surface area contributed by atoms with Gasteiger partial charge in [0.05, 0.1) is 6.61 Å². The lowest BCUT2D eigenvalue weighted by atomic mass is 10.2. The molecule has 18 heavy (non-hydrogen) atoms. The lowest BCUT2D eigenvalue weighted by molar-refractivity contribution is 0.0692. The zero-order chi connectivity index (χ0) is 13.4. The molecule has 0 heterocycles. The number of benzene rings is 1. The van der Waals surface area contributed by atoms with E-state index in [1.807, 2.05) is 0 Å². The van der Waals surface area contributed by atoms with E-state index in [2.05, 4.69) is 15.9 Å². The average Bonchev–Trinajstić information content (AvgIpc) is 2.35. The van der Waals surface area contributed by atoms with Gasteiger partial charge in [-0.15, -0.1) is 0 Å². The number of ether oxygens (including phenoxy) is 1. The molecule has 1 aromatic carbocycles. The predicted molar refractivity (Wildman–Crippen MR) is 72.2 cm³/mol. The maximum absolute atomic E-state index is 11.0. The zero-order valence-electron chi connectivity index (χ0n) is 10.1. The van der Waals surface area contributed by atoms with E-state index in [4.69, 9.17) is 14.9 Å². The van der Waals surface area contributed by atoms with Crippen molar-refractivity contribution in [1.82, 2.24) is 0 Å². The first kappa shape index (κ1) is 15.0. The van der Waals surface area contributed by atoms with E-state index in [0.29, 0.717) is 12.4 Å². The molecule has 0 radical (unpaired) electrons. The minimum Gasteiger partial charge on any atom is -0.493 e. The van der Waals surface area contributed by atoms with Gasteiger partial charge in [-0.1, -0.05) is 22.4 Å². The second-order valence-corrected chi connectivity index (χ2v) is 4.85. The van der Waals surface area contributed by atoms with E-state index in [9.17, 15) is 4.79 Å². The van der Waals surface area contributed by atoms with Crippen LogP contribution in [0.25, 0.3) is 0 Å². The summed E-state index contributed by atoms with van der Waals surface area (Å²) in [5.74, 6) is -0.598. The molecule has 1 rings (SSSR count). The number of hydrogen-bond acceptors (Lipinski definition) is 3. The molecule has 1 aromatic rings. The number of aliphatic hydroxyl groups excluding tert-OH is 1. The van der Waals surface area contributed by atoms with Crippen molar-refractivity contribution in [2.24, 2.45) is 0 Å². The smallest absolute Gasteiger partial charge is 0.339 e. The minimum absolute atomic E-state index is 0.166. The molecule has 0 aliphatic rings. The maximum atomic E-state index is 11.0. The lowest BCUT2D eigenvalue weighted by Crippen LogP contribution is -2.04. The average molecular weight is 317 g/mol. The molecule has 4 nitrogen and oxygen atoms in total. The highest BCUT2D eigenvalue weighted by Crippen LogP contribution is 2.23. The summed E-state index contributed by atoms with van der Waals surface area (Å²) in [6.07, 6.45) is 3.60. The van der Waals surface area contributed by atoms with Crippen molar-refractivity contribution in [3.05, 3.63) is 28.2 Å². The van der Waals surface area contributed by atoms with Crippen molar-refractivity contribution < 1.29 is 19.7 Å². The van der Waals surface area contributed by atoms with Gasteiger partial charge in [0.1, 0.15) is 11.3 Å². The largest absolute Gasteiger partial charge is 0.493 e. The molecule has 0 atom stereocenters. The normalized spacial score (nSPS) is 10.3. The first-order valence-corrected chi connectivity index (χ1v) is 6.71. The molecule has 0 saturated carbocycles. The van der Waals surface area contributed by atoms with Crippen LogP contribution in [0, 0.1) is 0 Å². The summed E-state index contributed by atoms with van der Waals surface area (Å²) in [7, 11) is 0. The van der Waals surface area contributed by atoms with Gasteiger partial charge in [-0.25, -0.2) is 4.79 Å². The van der Waals surface area contributed by atoms with Crippen molar-refractivity contribution in [1.29, 1.82) is 0 Å². The Kier molecular flexibility index (Phi) is 6.75. The van der Waals surface area contributed by atoms with Gasteiger partial charge >= 0.3 is 5.97 Å². The molecule has 5 heteroatoms. The molecule has 0 aliphatic heterocycles. The quantitative estimate of drug-likeness (QED) is 0.723. The first-order chi connectivity index (χ1) is 8.65. The highest BCUT2D eigenvalue weighted by atomic mass is 79.9. The van der Waals surface area contributed by atoms with Gasteiger partial charge in [-0.3, -0.25) is 0 Å². The molecule has 0 unspecified atom stereocenters. The minimum atomic E-state index is -0.994. The molecule has 0 aromatic heterocycles. The molecule has 0 spiro atoms. The number of halogens is 1. The number of carboxylic acid groups (broad SMARTS) is 1. The van der Waals surface area contributed by atoms with Crippen molar-refractivity contribution >= 4 is 21.9 Å². The molecule has 0 amide bonds. The highest BCUT2D eigenvalue weighted by Gasteiger charge is 2.11. The number of aromatic carboxylic acids is 1. The third-order valence-electron chi connectivity index (χ3n) is 2.48. The monoisotopic (exact) mass is 316 g/mol. The van der Waals surface area contributed by atoms with Crippen LogP contribution in [0.4, 0.5) is 0 Å². The van der Waals surface area contributed by atoms with Crippen LogP contribution in [0.1, 0.15) is 36.0 Å². The van der Waals surface area contributed by atoms with E-state index in [-0.39, 0.29) is 12.2 Å². The lowest BCUT2D eigenvalue weighted by Gasteiger charge is -2.09. The Labute approximate surface area is 115 Å². The molecular formula is C13H17BrO4. The second kappa shape index (κ2) is 8.11. The van der Waals surface area contributed by atoms with Crippen LogP contribution < -0.4 is 4.74 Å². The number of unbranched alkanes of at least 4 members (excludes halogenated alkanes) is 3. The summed E-state index contributed by atoms with van der Waals surface area (Å²) in [5, 5.41) is 17.7. The van der Waals surface area contributed by atoms with Crippen LogP contribution in [0.15, 0.2) is 22.7 Å². The Bertz CT molecular complexity index is 393. The van der Waals surface area contributed by atoms with Crippen LogP contribution in [-0.4, -0.2) is 29.4 Å². The van der Waals surface area contributed by atoms with Crippen LogP contribution >= 0.6 is 15.9 Å². The van der Waals surface area contributed by atoms with Crippen LogP contribution in [0.5, 0.6) is 5.75 Å². The van der Waals surface area contributed by atoms with Gasteiger partial charge in [0, 0.05) is 11.1 Å². The van der Waals surface area contributed by atoms with Gasteiger partial charge in [0.2, 0.25) is 0 Å². The standard InChI is InChI=1S/C13H17BrO4/c14-10-5-6-12(11(9-10)13(16)17)18-8-4-2-1-3-7-15/h5-6,9,15H,1-4,7-8H2,(H,16,17). The molecule has 2 N–H and O–H groups in total. The summed E-state index contributed by atoms with van der Waals surface area (Å²) in [4.78, 5) is 11.0. The summed E-state index contributed by atoms with van der Waals surface area (Å²) >= 11 is 3.23. The zero-order valence-corrected chi connectivity index (χ0v) is 11.6.